The topological polar surface area (TPSA) is 48.7 Å². The minimum Gasteiger partial charge on any atom is -0.365 e. The zero-order chi connectivity index (χ0) is 16.1. The molecule has 1 N–H and O–H groups in total. The van der Waals surface area contributed by atoms with E-state index in [0.717, 1.165) is 16.8 Å². The first-order valence-electron chi connectivity index (χ1n) is 7.52. The summed E-state index contributed by atoms with van der Waals surface area (Å²) < 4.78 is 0. The molecular weight excluding hydrogens is 282 g/mol. The van der Waals surface area contributed by atoms with Gasteiger partial charge in [0.1, 0.15) is 11.9 Å². The SMILES string of the molecule is Cc1ccc(CNc2nc(-c3ccccc3)ccc2C#N)cc1. The van der Waals surface area contributed by atoms with E-state index in [1.54, 1.807) is 0 Å². The van der Waals surface area contributed by atoms with Crippen LogP contribution >= 0.6 is 0 Å². The highest BCUT2D eigenvalue weighted by Crippen LogP contribution is 2.21. The molecule has 3 rings (SSSR count). The molecule has 0 saturated carbocycles. The van der Waals surface area contributed by atoms with Crippen molar-refractivity contribution in [3.63, 3.8) is 0 Å². The van der Waals surface area contributed by atoms with Gasteiger partial charge in [0, 0.05) is 12.1 Å². The molecule has 0 aliphatic heterocycles. The van der Waals surface area contributed by atoms with Crippen LogP contribution in [0.2, 0.25) is 0 Å². The maximum Gasteiger partial charge on any atom is 0.144 e. The molecule has 0 unspecified atom stereocenters. The minimum absolute atomic E-state index is 0.553. The van der Waals surface area contributed by atoms with E-state index in [1.807, 2.05) is 42.5 Å². The van der Waals surface area contributed by atoms with Crippen molar-refractivity contribution < 1.29 is 0 Å². The minimum atomic E-state index is 0.553. The Balaban J connectivity index is 1.85. The van der Waals surface area contributed by atoms with E-state index < -0.39 is 0 Å². The van der Waals surface area contributed by atoms with Crippen LogP contribution in [0, 0.1) is 18.3 Å². The molecule has 3 nitrogen and oxygen atoms in total. The van der Waals surface area contributed by atoms with Crippen LogP contribution in [0.15, 0.2) is 66.7 Å². The number of nitrogens with one attached hydrogen (secondary N) is 1. The number of hydrogen-bond donors (Lipinski definition) is 1. The summed E-state index contributed by atoms with van der Waals surface area (Å²) in [4.78, 5) is 4.61. The van der Waals surface area contributed by atoms with E-state index in [2.05, 4.69) is 47.6 Å². The number of anilines is 1. The first kappa shape index (κ1) is 14.8. The monoisotopic (exact) mass is 299 g/mol. The third-order valence-electron chi connectivity index (χ3n) is 3.67. The molecule has 3 aromatic rings. The second-order valence-corrected chi connectivity index (χ2v) is 5.41. The van der Waals surface area contributed by atoms with Gasteiger partial charge < -0.3 is 5.32 Å². The molecule has 112 valence electrons. The molecule has 0 saturated heterocycles. The molecule has 0 spiro atoms. The van der Waals surface area contributed by atoms with E-state index in [9.17, 15) is 5.26 Å². The highest BCUT2D eigenvalue weighted by atomic mass is 15.0. The normalized spacial score (nSPS) is 10.1. The van der Waals surface area contributed by atoms with Crippen molar-refractivity contribution in [2.24, 2.45) is 0 Å². The fourth-order valence-corrected chi connectivity index (χ4v) is 2.35. The third-order valence-corrected chi connectivity index (χ3v) is 3.67. The van der Waals surface area contributed by atoms with Gasteiger partial charge in [0.25, 0.3) is 0 Å². The number of nitriles is 1. The van der Waals surface area contributed by atoms with Crippen molar-refractivity contribution in [2.75, 3.05) is 5.32 Å². The highest BCUT2D eigenvalue weighted by molar-refractivity contribution is 5.64. The van der Waals surface area contributed by atoms with Crippen LogP contribution < -0.4 is 5.32 Å². The Morgan fingerprint density at radius 1 is 0.957 bits per heavy atom. The predicted molar refractivity (Wildman–Crippen MR) is 92.9 cm³/mol. The van der Waals surface area contributed by atoms with E-state index in [4.69, 9.17) is 0 Å². The van der Waals surface area contributed by atoms with Crippen LogP contribution in [0.3, 0.4) is 0 Å². The lowest BCUT2D eigenvalue weighted by Gasteiger charge is -2.10. The molecule has 0 radical (unpaired) electrons. The fourth-order valence-electron chi connectivity index (χ4n) is 2.35. The number of aryl methyl sites for hydroxylation is 1. The number of hydrogen-bond acceptors (Lipinski definition) is 3. The van der Waals surface area contributed by atoms with Gasteiger partial charge in [-0.1, -0.05) is 60.2 Å². The quantitative estimate of drug-likeness (QED) is 0.769. The average molecular weight is 299 g/mol. The molecule has 2 aromatic carbocycles. The van der Waals surface area contributed by atoms with E-state index in [0.29, 0.717) is 17.9 Å². The van der Waals surface area contributed by atoms with Gasteiger partial charge >= 0.3 is 0 Å². The van der Waals surface area contributed by atoms with E-state index in [-0.39, 0.29) is 0 Å². The number of benzene rings is 2. The largest absolute Gasteiger partial charge is 0.365 e. The summed E-state index contributed by atoms with van der Waals surface area (Å²) in [5.74, 6) is 0.620. The Bertz CT molecular complexity index is 831. The van der Waals surface area contributed by atoms with Gasteiger partial charge in [0.05, 0.1) is 11.3 Å². The zero-order valence-corrected chi connectivity index (χ0v) is 13.0. The number of nitrogens with zero attached hydrogens (tertiary/aromatic N) is 2. The standard InChI is InChI=1S/C20H17N3/c1-15-7-9-16(10-8-15)14-22-20-18(13-21)11-12-19(23-20)17-5-3-2-4-6-17/h2-12H,14H2,1H3,(H,22,23). The molecule has 0 aliphatic carbocycles. The summed E-state index contributed by atoms with van der Waals surface area (Å²) in [5.41, 5.74) is 4.84. The third kappa shape index (κ3) is 3.56. The lowest BCUT2D eigenvalue weighted by molar-refractivity contribution is 1.10. The van der Waals surface area contributed by atoms with Gasteiger partial charge in [-0.3, -0.25) is 0 Å². The van der Waals surface area contributed by atoms with E-state index in [1.165, 1.54) is 5.56 Å². The Morgan fingerprint density at radius 2 is 1.70 bits per heavy atom. The lowest BCUT2D eigenvalue weighted by Crippen LogP contribution is -2.04. The number of pyridine rings is 1. The van der Waals surface area contributed by atoms with Gasteiger partial charge in [-0.05, 0) is 24.6 Å². The summed E-state index contributed by atoms with van der Waals surface area (Å²) >= 11 is 0. The van der Waals surface area contributed by atoms with Gasteiger partial charge in [0.2, 0.25) is 0 Å². The predicted octanol–water partition coefficient (Wildman–Crippen LogP) is 4.54. The van der Waals surface area contributed by atoms with Crippen molar-refractivity contribution in [3.8, 4) is 17.3 Å². The van der Waals surface area contributed by atoms with Crippen molar-refractivity contribution in [1.29, 1.82) is 5.26 Å². The fraction of sp³-hybridized carbons (Fsp3) is 0.100. The van der Waals surface area contributed by atoms with Crippen LogP contribution in [0.4, 0.5) is 5.82 Å². The zero-order valence-electron chi connectivity index (χ0n) is 13.0. The van der Waals surface area contributed by atoms with Crippen molar-refractivity contribution in [1.82, 2.24) is 4.98 Å². The van der Waals surface area contributed by atoms with Crippen LogP contribution in [-0.2, 0) is 6.54 Å². The summed E-state index contributed by atoms with van der Waals surface area (Å²) in [6.45, 7) is 2.70. The summed E-state index contributed by atoms with van der Waals surface area (Å²) in [6.07, 6.45) is 0. The Morgan fingerprint density at radius 3 is 2.39 bits per heavy atom. The van der Waals surface area contributed by atoms with Crippen LogP contribution in [0.5, 0.6) is 0 Å². The van der Waals surface area contributed by atoms with Crippen LogP contribution in [0.25, 0.3) is 11.3 Å². The van der Waals surface area contributed by atoms with Crippen LogP contribution in [-0.4, -0.2) is 4.98 Å². The molecule has 0 bridgehead atoms. The van der Waals surface area contributed by atoms with E-state index >= 15 is 0 Å². The molecule has 1 aromatic heterocycles. The van der Waals surface area contributed by atoms with Gasteiger partial charge in [-0.15, -0.1) is 0 Å². The average Bonchev–Trinajstić information content (AvgIpc) is 2.62. The molecule has 0 aliphatic rings. The lowest BCUT2D eigenvalue weighted by atomic mass is 10.1. The number of rotatable bonds is 4. The first-order chi connectivity index (χ1) is 11.3. The Hall–Kier alpha value is -3.12. The molecule has 0 fully saturated rings. The summed E-state index contributed by atoms with van der Waals surface area (Å²) in [6, 6.07) is 24.2. The first-order valence-corrected chi connectivity index (χ1v) is 7.52. The van der Waals surface area contributed by atoms with Crippen molar-refractivity contribution in [3.05, 3.63) is 83.4 Å². The highest BCUT2D eigenvalue weighted by Gasteiger charge is 2.07. The second kappa shape index (κ2) is 6.76. The van der Waals surface area contributed by atoms with Gasteiger partial charge in [-0.2, -0.15) is 5.26 Å². The maximum absolute atomic E-state index is 9.28. The molecule has 3 heteroatoms. The van der Waals surface area contributed by atoms with Gasteiger partial charge in [0.15, 0.2) is 0 Å². The Kier molecular flexibility index (Phi) is 4.35. The molecule has 0 amide bonds. The summed E-state index contributed by atoms with van der Waals surface area (Å²) in [5, 5.41) is 12.6. The molecule has 1 heterocycles. The number of aromatic nitrogens is 1. The molecule has 0 atom stereocenters. The van der Waals surface area contributed by atoms with Crippen molar-refractivity contribution in [2.45, 2.75) is 13.5 Å². The van der Waals surface area contributed by atoms with Crippen molar-refractivity contribution >= 4 is 5.82 Å². The van der Waals surface area contributed by atoms with Crippen LogP contribution in [0.1, 0.15) is 16.7 Å². The summed E-state index contributed by atoms with van der Waals surface area (Å²) in [7, 11) is 0. The van der Waals surface area contributed by atoms with Gasteiger partial charge in [-0.25, -0.2) is 4.98 Å². The molecular formula is C20H17N3. The second-order valence-electron chi connectivity index (χ2n) is 5.41. The molecule has 23 heavy (non-hydrogen) atoms. The Labute approximate surface area is 136 Å². The maximum atomic E-state index is 9.28. The smallest absolute Gasteiger partial charge is 0.144 e.